The molecule has 1 aliphatic rings. The molecule has 1 aromatic carbocycles. The number of aromatic nitrogens is 4. The van der Waals surface area contributed by atoms with Crippen LogP contribution in [0.15, 0.2) is 18.2 Å². The number of H-pyrrole nitrogens is 1. The minimum Gasteiger partial charge on any atom is -0.239 e. The van der Waals surface area contributed by atoms with E-state index in [-0.39, 0.29) is 5.41 Å². The Morgan fingerprint density at radius 2 is 2.00 bits per heavy atom. The van der Waals surface area contributed by atoms with Crippen LogP contribution in [0.2, 0.25) is 0 Å². The van der Waals surface area contributed by atoms with E-state index in [9.17, 15) is 0 Å². The predicted molar refractivity (Wildman–Crippen MR) is 88.5 cm³/mol. The first-order valence-electron chi connectivity index (χ1n) is 8.25. The number of hydrogen-bond donors (Lipinski definition) is 1. The molecule has 2 atom stereocenters. The van der Waals surface area contributed by atoms with Crippen LogP contribution < -0.4 is 0 Å². The first kappa shape index (κ1) is 15.2. The first-order chi connectivity index (χ1) is 10.4. The molecule has 0 amide bonds. The Balaban J connectivity index is 2.05. The highest BCUT2D eigenvalue weighted by Crippen LogP contribution is 2.49. The van der Waals surface area contributed by atoms with Gasteiger partial charge in [0.05, 0.1) is 0 Å². The standard InChI is InChI=1S/C18H26N4/c1-11(2)14-8-6-12-10-13(17-19-21-22-20-17)7-9-15(12)16(14)18(3,4)5/h7,9-11,14,16H,6,8H2,1-5H3,(H,19,20,21,22). The molecule has 0 fully saturated rings. The average molecular weight is 298 g/mol. The van der Waals surface area contributed by atoms with Gasteiger partial charge in [-0.05, 0) is 63.6 Å². The van der Waals surface area contributed by atoms with Gasteiger partial charge in [0.25, 0.3) is 0 Å². The molecular weight excluding hydrogens is 272 g/mol. The van der Waals surface area contributed by atoms with E-state index in [0.717, 1.165) is 29.6 Å². The first-order valence-corrected chi connectivity index (χ1v) is 8.25. The van der Waals surface area contributed by atoms with Gasteiger partial charge in [-0.15, -0.1) is 5.10 Å². The summed E-state index contributed by atoms with van der Waals surface area (Å²) in [6, 6.07) is 6.73. The van der Waals surface area contributed by atoms with Crippen molar-refractivity contribution in [3.8, 4) is 11.4 Å². The Morgan fingerprint density at radius 1 is 1.23 bits per heavy atom. The molecule has 1 heterocycles. The normalized spacial score (nSPS) is 21.9. The smallest absolute Gasteiger partial charge is 0.179 e. The Kier molecular flexibility index (Phi) is 3.79. The number of benzene rings is 1. The van der Waals surface area contributed by atoms with Gasteiger partial charge in [-0.25, -0.2) is 5.10 Å². The van der Waals surface area contributed by atoms with Crippen LogP contribution >= 0.6 is 0 Å². The van der Waals surface area contributed by atoms with Crippen LogP contribution in [0.3, 0.4) is 0 Å². The topological polar surface area (TPSA) is 54.5 Å². The molecule has 1 aliphatic carbocycles. The summed E-state index contributed by atoms with van der Waals surface area (Å²) in [7, 11) is 0. The number of aryl methyl sites for hydroxylation is 1. The number of aromatic amines is 1. The van der Waals surface area contributed by atoms with Gasteiger partial charge in [-0.3, -0.25) is 0 Å². The second-order valence-electron chi connectivity index (χ2n) is 7.95. The molecule has 2 unspecified atom stereocenters. The third kappa shape index (κ3) is 2.67. The van der Waals surface area contributed by atoms with Crippen molar-refractivity contribution in [1.29, 1.82) is 0 Å². The Bertz CT molecular complexity index is 638. The summed E-state index contributed by atoms with van der Waals surface area (Å²) in [6.07, 6.45) is 2.42. The fraction of sp³-hybridized carbons (Fsp3) is 0.611. The number of hydrogen-bond acceptors (Lipinski definition) is 3. The van der Waals surface area contributed by atoms with Crippen LogP contribution in [0.1, 0.15) is 58.1 Å². The highest BCUT2D eigenvalue weighted by molar-refractivity contribution is 5.57. The maximum absolute atomic E-state index is 4.03. The van der Waals surface area contributed by atoms with E-state index in [2.05, 4.69) is 73.4 Å². The lowest BCUT2D eigenvalue weighted by Crippen LogP contribution is -2.33. The number of rotatable bonds is 2. The molecule has 1 aromatic heterocycles. The molecule has 3 rings (SSSR count). The van der Waals surface area contributed by atoms with E-state index in [1.54, 1.807) is 0 Å². The minimum atomic E-state index is 0.277. The SMILES string of the molecule is CC(C)C1CCc2cc(-c3nnn[nH]3)ccc2C1C(C)(C)C. The van der Waals surface area contributed by atoms with Gasteiger partial charge in [0, 0.05) is 5.56 Å². The van der Waals surface area contributed by atoms with Crippen molar-refractivity contribution >= 4 is 0 Å². The molecular formula is C18H26N4. The quantitative estimate of drug-likeness (QED) is 0.903. The molecule has 4 heteroatoms. The number of nitrogens with zero attached hydrogens (tertiary/aromatic N) is 3. The fourth-order valence-corrected chi connectivity index (χ4v) is 4.10. The number of fused-ring (bicyclic) bond motifs is 1. The highest BCUT2D eigenvalue weighted by Gasteiger charge is 2.38. The summed E-state index contributed by atoms with van der Waals surface area (Å²) in [4.78, 5) is 0. The molecule has 118 valence electrons. The van der Waals surface area contributed by atoms with Gasteiger partial charge in [-0.2, -0.15) is 0 Å². The summed E-state index contributed by atoms with van der Waals surface area (Å²) in [6.45, 7) is 11.8. The van der Waals surface area contributed by atoms with Gasteiger partial charge in [0.2, 0.25) is 0 Å². The van der Waals surface area contributed by atoms with Gasteiger partial charge < -0.3 is 0 Å². The van der Waals surface area contributed by atoms with Crippen molar-refractivity contribution in [2.75, 3.05) is 0 Å². The second-order valence-corrected chi connectivity index (χ2v) is 7.95. The van der Waals surface area contributed by atoms with Gasteiger partial charge in [0.15, 0.2) is 5.82 Å². The lowest BCUT2D eigenvalue weighted by molar-refractivity contribution is 0.170. The van der Waals surface area contributed by atoms with Gasteiger partial charge in [-0.1, -0.05) is 46.8 Å². The molecule has 4 nitrogen and oxygen atoms in total. The molecule has 2 aromatic rings. The zero-order valence-corrected chi connectivity index (χ0v) is 14.2. The van der Waals surface area contributed by atoms with Crippen molar-refractivity contribution in [2.45, 2.75) is 53.4 Å². The predicted octanol–water partition coefficient (Wildman–Crippen LogP) is 4.21. The molecule has 0 spiro atoms. The molecule has 0 saturated heterocycles. The van der Waals surface area contributed by atoms with Crippen molar-refractivity contribution < 1.29 is 0 Å². The van der Waals surface area contributed by atoms with Crippen LogP contribution in [-0.4, -0.2) is 20.6 Å². The Labute approximate surface area is 132 Å². The average Bonchev–Trinajstić information content (AvgIpc) is 2.98. The summed E-state index contributed by atoms with van der Waals surface area (Å²) >= 11 is 0. The molecule has 22 heavy (non-hydrogen) atoms. The zero-order valence-electron chi connectivity index (χ0n) is 14.2. The van der Waals surface area contributed by atoms with Crippen LogP contribution in [0.25, 0.3) is 11.4 Å². The summed E-state index contributed by atoms with van der Waals surface area (Å²) in [5.74, 6) is 2.83. The Hall–Kier alpha value is -1.71. The highest BCUT2D eigenvalue weighted by atomic mass is 15.5. The van der Waals surface area contributed by atoms with Crippen molar-refractivity contribution in [1.82, 2.24) is 20.6 Å². The summed E-state index contributed by atoms with van der Waals surface area (Å²) in [5, 5.41) is 14.2. The number of nitrogens with one attached hydrogen (secondary N) is 1. The maximum Gasteiger partial charge on any atom is 0.179 e. The fourth-order valence-electron chi connectivity index (χ4n) is 4.10. The molecule has 1 N–H and O–H groups in total. The van der Waals surface area contributed by atoms with Crippen molar-refractivity contribution in [3.05, 3.63) is 29.3 Å². The lowest BCUT2D eigenvalue weighted by atomic mass is 9.61. The lowest BCUT2D eigenvalue weighted by Gasteiger charge is -2.44. The summed E-state index contributed by atoms with van der Waals surface area (Å²) in [5.41, 5.74) is 4.35. The van der Waals surface area contributed by atoms with Crippen LogP contribution in [-0.2, 0) is 6.42 Å². The van der Waals surface area contributed by atoms with Gasteiger partial charge in [0.1, 0.15) is 0 Å². The number of tetrazole rings is 1. The van der Waals surface area contributed by atoms with E-state index >= 15 is 0 Å². The van der Waals surface area contributed by atoms with E-state index in [1.807, 2.05) is 0 Å². The molecule has 0 bridgehead atoms. The largest absolute Gasteiger partial charge is 0.239 e. The maximum atomic E-state index is 4.03. The third-order valence-electron chi connectivity index (χ3n) is 5.06. The Morgan fingerprint density at radius 3 is 2.59 bits per heavy atom. The second kappa shape index (κ2) is 5.49. The van der Waals surface area contributed by atoms with Crippen LogP contribution in [0.4, 0.5) is 0 Å². The molecule has 0 aliphatic heterocycles. The zero-order chi connectivity index (χ0) is 15.9. The van der Waals surface area contributed by atoms with Crippen molar-refractivity contribution in [2.24, 2.45) is 17.3 Å². The van der Waals surface area contributed by atoms with Crippen molar-refractivity contribution in [3.63, 3.8) is 0 Å². The van der Waals surface area contributed by atoms with Gasteiger partial charge >= 0.3 is 0 Å². The molecule has 0 radical (unpaired) electrons. The van der Waals surface area contributed by atoms with Crippen LogP contribution in [0.5, 0.6) is 0 Å². The summed E-state index contributed by atoms with van der Waals surface area (Å²) < 4.78 is 0. The minimum absolute atomic E-state index is 0.277. The van der Waals surface area contributed by atoms with Crippen LogP contribution in [0, 0.1) is 17.3 Å². The third-order valence-corrected chi connectivity index (χ3v) is 5.06. The monoisotopic (exact) mass is 298 g/mol. The van der Waals surface area contributed by atoms with E-state index in [4.69, 9.17) is 0 Å². The van der Waals surface area contributed by atoms with E-state index in [0.29, 0.717) is 5.92 Å². The van der Waals surface area contributed by atoms with E-state index in [1.165, 1.54) is 17.5 Å². The van der Waals surface area contributed by atoms with E-state index < -0.39 is 0 Å². The molecule has 0 saturated carbocycles.